The molecule has 0 saturated carbocycles. The molecule has 0 atom stereocenters. The summed E-state index contributed by atoms with van der Waals surface area (Å²) in [5, 5.41) is 8.06. The molecule has 1 aliphatic carbocycles. The van der Waals surface area contributed by atoms with E-state index in [4.69, 9.17) is 0 Å². The van der Waals surface area contributed by atoms with Crippen LogP contribution in [-0.4, -0.2) is 20.8 Å². The fraction of sp³-hybridized carbons (Fsp3) is 0.214. The zero-order valence-corrected chi connectivity index (χ0v) is 9.91. The van der Waals surface area contributed by atoms with Crippen molar-refractivity contribution in [3.05, 3.63) is 48.3 Å². The van der Waals surface area contributed by atoms with Gasteiger partial charge in [-0.1, -0.05) is 23.4 Å². The molecule has 1 aromatic heterocycles. The Morgan fingerprint density at radius 3 is 2.72 bits per heavy atom. The first-order chi connectivity index (χ1) is 8.84. The predicted octanol–water partition coefficient (Wildman–Crippen LogP) is 2.40. The molecule has 0 radical (unpaired) electrons. The second-order valence-corrected chi connectivity index (χ2v) is 4.36. The Kier molecular flexibility index (Phi) is 2.76. The SMILES string of the molecule is O=C1C=C(c2cnnn2-c2ccccc2)CCC1. The molecule has 90 valence electrons. The summed E-state index contributed by atoms with van der Waals surface area (Å²) in [6.45, 7) is 0. The summed E-state index contributed by atoms with van der Waals surface area (Å²) in [5.41, 5.74) is 2.90. The Morgan fingerprint density at radius 1 is 1.11 bits per heavy atom. The van der Waals surface area contributed by atoms with E-state index >= 15 is 0 Å². The Bertz CT molecular complexity index is 599. The van der Waals surface area contributed by atoms with E-state index < -0.39 is 0 Å². The lowest BCUT2D eigenvalue weighted by Crippen LogP contribution is -2.07. The zero-order chi connectivity index (χ0) is 12.4. The highest BCUT2D eigenvalue weighted by molar-refractivity contribution is 5.98. The van der Waals surface area contributed by atoms with Crippen LogP contribution in [0.3, 0.4) is 0 Å². The van der Waals surface area contributed by atoms with E-state index in [0.717, 1.165) is 29.8 Å². The minimum Gasteiger partial charge on any atom is -0.295 e. The summed E-state index contributed by atoms with van der Waals surface area (Å²) in [7, 11) is 0. The number of benzene rings is 1. The van der Waals surface area contributed by atoms with Gasteiger partial charge in [0.25, 0.3) is 0 Å². The van der Waals surface area contributed by atoms with E-state index in [1.165, 1.54) is 0 Å². The number of ketones is 1. The van der Waals surface area contributed by atoms with Crippen LogP contribution in [0.25, 0.3) is 11.3 Å². The number of carbonyl (C=O) groups excluding carboxylic acids is 1. The number of aromatic nitrogens is 3. The molecule has 3 rings (SSSR count). The lowest BCUT2D eigenvalue weighted by Gasteiger charge is -2.13. The maximum atomic E-state index is 11.5. The maximum Gasteiger partial charge on any atom is 0.156 e. The number of para-hydroxylation sites is 1. The highest BCUT2D eigenvalue weighted by atomic mass is 16.1. The van der Waals surface area contributed by atoms with Gasteiger partial charge >= 0.3 is 0 Å². The molecule has 4 heteroatoms. The largest absolute Gasteiger partial charge is 0.295 e. The average Bonchev–Trinajstić information content (AvgIpc) is 2.89. The molecular weight excluding hydrogens is 226 g/mol. The van der Waals surface area contributed by atoms with Gasteiger partial charge in [0.2, 0.25) is 0 Å². The van der Waals surface area contributed by atoms with Crippen LogP contribution in [0.2, 0.25) is 0 Å². The third kappa shape index (κ3) is 1.97. The molecule has 0 saturated heterocycles. The van der Waals surface area contributed by atoms with Crippen molar-refractivity contribution in [3.63, 3.8) is 0 Å². The van der Waals surface area contributed by atoms with Crippen molar-refractivity contribution in [2.45, 2.75) is 19.3 Å². The Hall–Kier alpha value is -2.23. The minimum absolute atomic E-state index is 0.192. The Morgan fingerprint density at radius 2 is 1.94 bits per heavy atom. The summed E-state index contributed by atoms with van der Waals surface area (Å²) >= 11 is 0. The molecule has 4 nitrogen and oxygen atoms in total. The molecule has 0 unspecified atom stereocenters. The molecule has 0 spiro atoms. The summed E-state index contributed by atoms with van der Waals surface area (Å²) in [5.74, 6) is 0.192. The van der Waals surface area contributed by atoms with Crippen molar-refractivity contribution >= 4 is 11.4 Å². The summed E-state index contributed by atoms with van der Waals surface area (Å²) in [6.07, 6.45) is 5.91. The lowest BCUT2D eigenvalue weighted by atomic mass is 9.96. The summed E-state index contributed by atoms with van der Waals surface area (Å²) in [6, 6.07) is 9.83. The molecule has 1 heterocycles. The van der Waals surface area contributed by atoms with Gasteiger partial charge in [-0.3, -0.25) is 4.79 Å². The van der Waals surface area contributed by atoms with E-state index in [-0.39, 0.29) is 5.78 Å². The first-order valence-electron chi connectivity index (χ1n) is 6.04. The van der Waals surface area contributed by atoms with Gasteiger partial charge in [-0.05, 0) is 36.6 Å². The minimum atomic E-state index is 0.192. The van der Waals surface area contributed by atoms with Crippen LogP contribution in [0.4, 0.5) is 0 Å². The van der Waals surface area contributed by atoms with E-state index in [1.54, 1.807) is 17.0 Å². The monoisotopic (exact) mass is 239 g/mol. The topological polar surface area (TPSA) is 47.8 Å². The highest BCUT2D eigenvalue weighted by Crippen LogP contribution is 2.25. The van der Waals surface area contributed by atoms with Crippen LogP contribution >= 0.6 is 0 Å². The molecule has 2 aromatic rings. The van der Waals surface area contributed by atoms with Crippen molar-refractivity contribution in [1.82, 2.24) is 15.0 Å². The van der Waals surface area contributed by atoms with Crippen LogP contribution in [0, 0.1) is 0 Å². The summed E-state index contributed by atoms with van der Waals surface area (Å²) < 4.78 is 1.78. The molecular formula is C14H13N3O. The standard InChI is InChI=1S/C14H13N3O/c18-13-8-4-5-11(9-13)14-10-15-16-17(14)12-6-2-1-3-7-12/h1-3,6-7,9-10H,4-5,8H2. The summed E-state index contributed by atoms with van der Waals surface area (Å²) in [4.78, 5) is 11.5. The third-order valence-corrected chi connectivity index (χ3v) is 3.08. The van der Waals surface area contributed by atoms with Crippen molar-refractivity contribution < 1.29 is 4.79 Å². The number of hydrogen-bond acceptors (Lipinski definition) is 3. The van der Waals surface area contributed by atoms with Crippen molar-refractivity contribution in [1.29, 1.82) is 0 Å². The van der Waals surface area contributed by atoms with E-state index in [1.807, 2.05) is 30.3 Å². The zero-order valence-electron chi connectivity index (χ0n) is 9.91. The second-order valence-electron chi connectivity index (χ2n) is 4.36. The van der Waals surface area contributed by atoms with Crippen molar-refractivity contribution in [3.8, 4) is 5.69 Å². The number of hydrogen-bond donors (Lipinski definition) is 0. The van der Waals surface area contributed by atoms with Gasteiger partial charge in [0, 0.05) is 6.42 Å². The van der Waals surface area contributed by atoms with Gasteiger partial charge in [0.05, 0.1) is 17.6 Å². The van der Waals surface area contributed by atoms with E-state index in [2.05, 4.69) is 10.3 Å². The van der Waals surface area contributed by atoms with Crippen LogP contribution in [0.5, 0.6) is 0 Å². The van der Waals surface area contributed by atoms with Gasteiger partial charge in [-0.2, -0.15) is 0 Å². The van der Waals surface area contributed by atoms with Crippen molar-refractivity contribution in [2.24, 2.45) is 0 Å². The van der Waals surface area contributed by atoms with Crippen LogP contribution in [-0.2, 0) is 4.79 Å². The number of carbonyl (C=O) groups is 1. The molecule has 1 aromatic carbocycles. The van der Waals surface area contributed by atoms with E-state index in [9.17, 15) is 4.79 Å². The highest BCUT2D eigenvalue weighted by Gasteiger charge is 2.16. The number of nitrogens with zero attached hydrogens (tertiary/aromatic N) is 3. The predicted molar refractivity (Wildman–Crippen MR) is 68.2 cm³/mol. The van der Waals surface area contributed by atoms with Gasteiger partial charge in [-0.15, -0.1) is 5.10 Å². The van der Waals surface area contributed by atoms with E-state index in [0.29, 0.717) is 6.42 Å². The first-order valence-corrected chi connectivity index (χ1v) is 6.04. The average molecular weight is 239 g/mol. The molecule has 18 heavy (non-hydrogen) atoms. The Balaban J connectivity index is 2.05. The van der Waals surface area contributed by atoms with Crippen LogP contribution in [0.15, 0.2) is 42.6 Å². The molecule has 0 fully saturated rings. The molecule has 0 N–H and O–H groups in total. The normalized spacial score (nSPS) is 15.6. The Labute approximate surface area is 105 Å². The number of allylic oxidation sites excluding steroid dienone is 2. The first kappa shape index (κ1) is 10.9. The molecule has 0 amide bonds. The van der Waals surface area contributed by atoms with Gasteiger partial charge in [-0.25, -0.2) is 4.68 Å². The quantitative estimate of drug-likeness (QED) is 0.808. The second kappa shape index (κ2) is 4.56. The van der Waals surface area contributed by atoms with Crippen LogP contribution < -0.4 is 0 Å². The number of rotatable bonds is 2. The molecule has 0 bridgehead atoms. The maximum absolute atomic E-state index is 11.5. The fourth-order valence-electron chi connectivity index (χ4n) is 2.21. The fourth-order valence-corrected chi connectivity index (χ4v) is 2.21. The molecule has 0 aliphatic heterocycles. The smallest absolute Gasteiger partial charge is 0.156 e. The molecule has 1 aliphatic rings. The van der Waals surface area contributed by atoms with Gasteiger partial charge in [0.15, 0.2) is 5.78 Å². The van der Waals surface area contributed by atoms with Gasteiger partial charge < -0.3 is 0 Å². The van der Waals surface area contributed by atoms with Crippen LogP contribution in [0.1, 0.15) is 25.0 Å². The third-order valence-electron chi connectivity index (χ3n) is 3.08. The lowest BCUT2D eigenvalue weighted by molar-refractivity contribution is -0.114. The van der Waals surface area contributed by atoms with Crippen molar-refractivity contribution in [2.75, 3.05) is 0 Å². The van der Waals surface area contributed by atoms with Gasteiger partial charge in [0.1, 0.15) is 0 Å².